The second-order valence-electron chi connectivity index (χ2n) is 3.86. The van der Waals surface area contributed by atoms with E-state index in [0.717, 1.165) is 25.0 Å². The van der Waals surface area contributed by atoms with Crippen LogP contribution in [0.5, 0.6) is 17.2 Å². The monoisotopic (exact) mass is 286 g/mol. The summed E-state index contributed by atoms with van der Waals surface area (Å²) in [5.74, 6) is -3.51. The Labute approximate surface area is 116 Å². The van der Waals surface area contributed by atoms with Crippen LogP contribution >= 0.6 is 0 Å². The first kappa shape index (κ1) is 17.6. The zero-order chi connectivity index (χ0) is 15.7. The number of carbonyl (C=O) groups is 2. The van der Waals surface area contributed by atoms with Gasteiger partial charge in [-0.2, -0.15) is 0 Å². The van der Waals surface area contributed by atoms with Crippen LogP contribution in [0.1, 0.15) is 37.0 Å². The molecule has 0 saturated carbocycles. The van der Waals surface area contributed by atoms with Gasteiger partial charge >= 0.3 is 11.9 Å². The molecule has 0 amide bonds. The zero-order valence-electron chi connectivity index (χ0n) is 11.3. The molecule has 1 aromatic carbocycles. The molecule has 7 heteroatoms. The smallest absolute Gasteiger partial charge is 0.335 e. The van der Waals surface area contributed by atoms with Crippen LogP contribution in [-0.4, -0.2) is 39.0 Å². The summed E-state index contributed by atoms with van der Waals surface area (Å²) in [5, 5.41) is 35.0. The minimum Gasteiger partial charge on any atom is -0.504 e. The number of rotatable bonds is 4. The van der Waals surface area contributed by atoms with Crippen molar-refractivity contribution in [3.05, 3.63) is 17.7 Å². The third-order valence-corrected chi connectivity index (χ3v) is 2.12. The van der Waals surface area contributed by atoms with Gasteiger partial charge in [-0.3, -0.25) is 4.79 Å². The molecule has 0 saturated heterocycles. The molecule has 0 fully saturated rings. The number of aromatic carboxylic acids is 1. The number of hydrogen-bond acceptors (Lipinski definition) is 6. The van der Waals surface area contributed by atoms with Gasteiger partial charge in [0.2, 0.25) is 0 Å². The van der Waals surface area contributed by atoms with E-state index in [1.807, 2.05) is 0 Å². The largest absolute Gasteiger partial charge is 0.504 e. The van der Waals surface area contributed by atoms with Crippen molar-refractivity contribution >= 4 is 11.9 Å². The second-order valence-corrected chi connectivity index (χ2v) is 3.86. The molecule has 4 N–H and O–H groups in total. The third kappa shape index (κ3) is 6.48. The molecule has 0 radical (unpaired) electrons. The fourth-order valence-corrected chi connectivity index (χ4v) is 1.09. The lowest BCUT2D eigenvalue weighted by Gasteiger charge is -2.01. The molecule has 112 valence electrons. The van der Waals surface area contributed by atoms with E-state index in [9.17, 15) is 9.59 Å². The molecule has 0 aliphatic heterocycles. The van der Waals surface area contributed by atoms with Crippen LogP contribution in [0.2, 0.25) is 0 Å². The maximum atomic E-state index is 10.3. The standard InChI is InChI=1S/C7H6O5.C6H12O2/c8-4-1-3(7(11)12)2-5(9)6(4)10;1-3-4-5-8-6(2)7/h1-2,8-10H,(H,11,12);3-5H2,1-2H3. The number of aromatic hydroxyl groups is 3. The number of carboxylic acids is 1. The highest BCUT2D eigenvalue weighted by Gasteiger charge is 2.11. The van der Waals surface area contributed by atoms with E-state index in [-0.39, 0.29) is 11.5 Å². The van der Waals surface area contributed by atoms with Gasteiger partial charge in [0.1, 0.15) is 0 Å². The summed E-state index contributed by atoms with van der Waals surface area (Å²) in [6.07, 6.45) is 2.05. The number of phenolic OH excluding ortho intramolecular Hbond substituents is 3. The van der Waals surface area contributed by atoms with Gasteiger partial charge in [0, 0.05) is 6.92 Å². The molecular formula is C13H18O7. The van der Waals surface area contributed by atoms with Crippen molar-refractivity contribution in [1.29, 1.82) is 0 Å². The Morgan fingerprint density at radius 1 is 1.15 bits per heavy atom. The van der Waals surface area contributed by atoms with Crippen LogP contribution < -0.4 is 0 Å². The Hall–Kier alpha value is -2.44. The van der Waals surface area contributed by atoms with Crippen molar-refractivity contribution in [2.24, 2.45) is 0 Å². The Morgan fingerprint density at radius 2 is 1.65 bits per heavy atom. The van der Waals surface area contributed by atoms with E-state index < -0.39 is 23.2 Å². The first-order valence-electron chi connectivity index (χ1n) is 5.91. The average Bonchev–Trinajstić information content (AvgIpc) is 2.36. The molecule has 0 unspecified atom stereocenters. The number of esters is 1. The summed E-state index contributed by atoms with van der Waals surface area (Å²) >= 11 is 0. The number of benzene rings is 1. The average molecular weight is 286 g/mol. The summed E-state index contributed by atoms with van der Waals surface area (Å²) < 4.78 is 4.64. The molecule has 0 atom stereocenters. The normalized spacial score (nSPS) is 9.30. The highest BCUT2D eigenvalue weighted by atomic mass is 16.5. The van der Waals surface area contributed by atoms with Crippen molar-refractivity contribution in [3.63, 3.8) is 0 Å². The first-order chi connectivity index (χ1) is 9.29. The molecule has 20 heavy (non-hydrogen) atoms. The molecule has 7 nitrogen and oxygen atoms in total. The maximum Gasteiger partial charge on any atom is 0.335 e. The molecule has 0 aliphatic rings. The number of hydrogen-bond donors (Lipinski definition) is 4. The van der Waals surface area contributed by atoms with E-state index in [4.69, 9.17) is 20.4 Å². The van der Waals surface area contributed by atoms with Gasteiger partial charge < -0.3 is 25.2 Å². The van der Waals surface area contributed by atoms with Gasteiger partial charge in [-0.05, 0) is 18.6 Å². The Balaban J connectivity index is 0.000000396. The predicted molar refractivity (Wildman–Crippen MR) is 69.9 cm³/mol. The summed E-state index contributed by atoms with van der Waals surface area (Å²) in [7, 11) is 0. The van der Waals surface area contributed by atoms with Crippen LogP contribution in [0.4, 0.5) is 0 Å². The molecule has 1 rings (SSSR count). The van der Waals surface area contributed by atoms with Gasteiger partial charge in [-0.15, -0.1) is 0 Å². The van der Waals surface area contributed by atoms with E-state index in [1.54, 1.807) is 0 Å². The van der Waals surface area contributed by atoms with E-state index in [0.29, 0.717) is 6.61 Å². The van der Waals surface area contributed by atoms with Gasteiger partial charge in [-0.25, -0.2) is 4.79 Å². The summed E-state index contributed by atoms with van der Waals surface area (Å²) in [6.45, 7) is 4.06. The Kier molecular flexibility index (Phi) is 7.57. The number of ether oxygens (including phenoxy) is 1. The number of carboxylic acid groups (broad SMARTS) is 1. The highest BCUT2D eigenvalue weighted by Crippen LogP contribution is 2.35. The minimum absolute atomic E-state index is 0.182. The lowest BCUT2D eigenvalue weighted by molar-refractivity contribution is -0.141. The minimum atomic E-state index is -1.29. The summed E-state index contributed by atoms with van der Waals surface area (Å²) in [5.41, 5.74) is -0.289. The van der Waals surface area contributed by atoms with Crippen molar-refractivity contribution in [3.8, 4) is 17.2 Å². The van der Waals surface area contributed by atoms with Crippen molar-refractivity contribution < 1.29 is 34.8 Å². The van der Waals surface area contributed by atoms with Gasteiger partial charge in [0.05, 0.1) is 12.2 Å². The fraction of sp³-hybridized carbons (Fsp3) is 0.385. The van der Waals surface area contributed by atoms with Crippen LogP contribution in [0.25, 0.3) is 0 Å². The van der Waals surface area contributed by atoms with Gasteiger partial charge in [0.15, 0.2) is 17.2 Å². The molecule has 0 aromatic heterocycles. The van der Waals surface area contributed by atoms with Crippen LogP contribution in [0.15, 0.2) is 12.1 Å². The maximum absolute atomic E-state index is 10.3. The topological polar surface area (TPSA) is 124 Å². The SMILES string of the molecule is CCCCOC(C)=O.O=C(O)c1cc(O)c(O)c(O)c1. The molecular weight excluding hydrogens is 268 g/mol. The van der Waals surface area contributed by atoms with Crippen LogP contribution in [-0.2, 0) is 9.53 Å². The molecule has 0 bridgehead atoms. The van der Waals surface area contributed by atoms with E-state index in [2.05, 4.69) is 11.7 Å². The Bertz CT molecular complexity index is 445. The lowest BCUT2D eigenvalue weighted by Crippen LogP contribution is -1.99. The third-order valence-electron chi connectivity index (χ3n) is 2.12. The quantitative estimate of drug-likeness (QED) is 0.378. The first-order valence-corrected chi connectivity index (χ1v) is 5.91. The number of carbonyl (C=O) groups excluding carboxylic acids is 1. The summed E-state index contributed by atoms with van der Waals surface area (Å²) in [4.78, 5) is 20.4. The van der Waals surface area contributed by atoms with Gasteiger partial charge in [-0.1, -0.05) is 13.3 Å². The van der Waals surface area contributed by atoms with Crippen LogP contribution in [0, 0.1) is 0 Å². The number of phenols is 3. The van der Waals surface area contributed by atoms with Crippen LogP contribution in [0.3, 0.4) is 0 Å². The molecule has 1 aromatic rings. The van der Waals surface area contributed by atoms with Crippen molar-refractivity contribution in [2.45, 2.75) is 26.7 Å². The fourth-order valence-electron chi connectivity index (χ4n) is 1.09. The predicted octanol–water partition coefficient (Wildman–Crippen LogP) is 1.85. The Morgan fingerprint density at radius 3 is 2.00 bits per heavy atom. The van der Waals surface area contributed by atoms with Crippen molar-refractivity contribution in [2.75, 3.05) is 6.61 Å². The number of unbranched alkanes of at least 4 members (excludes halogenated alkanes) is 1. The van der Waals surface area contributed by atoms with Gasteiger partial charge in [0.25, 0.3) is 0 Å². The second kappa shape index (κ2) is 8.63. The highest BCUT2D eigenvalue weighted by molar-refractivity contribution is 5.89. The van der Waals surface area contributed by atoms with Crippen molar-refractivity contribution in [1.82, 2.24) is 0 Å². The molecule has 0 spiro atoms. The molecule has 0 heterocycles. The molecule has 0 aliphatic carbocycles. The summed E-state index contributed by atoms with van der Waals surface area (Å²) in [6, 6.07) is 1.69. The lowest BCUT2D eigenvalue weighted by atomic mass is 10.2. The van der Waals surface area contributed by atoms with E-state index in [1.165, 1.54) is 6.92 Å². The zero-order valence-corrected chi connectivity index (χ0v) is 11.3. The van der Waals surface area contributed by atoms with E-state index >= 15 is 0 Å².